The molecule has 2 heterocycles. The first-order valence-electron chi connectivity index (χ1n) is 7.82. The fraction of sp³-hybridized carbons (Fsp3) is 0.235. The summed E-state index contributed by atoms with van der Waals surface area (Å²) in [4.78, 5) is 13.6. The lowest BCUT2D eigenvalue weighted by Gasteiger charge is -2.06. The first kappa shape index (κ1) is 19.8. The third-order valence-corrected chi connectivity index (χ3v) is 7.53. The third-order valence-electron chi connectivity index (χ3n) is 4.13. The second kappa shape index (κ2) is 7.61. The number of thiophene rings is 1. The molecular formula is C17H15BrFN3O3S2. The number of benzene rings is 1. The highest BCUT2D eigenvalue weighted by molar-refractivity contribution is 9.10. The van der Waals surface area contributed by atoms with Crippen molar-refractivity contribution in [1.29, 1.82) is 0 Å². The fourth-order valence-corrected chi connectivity index (χ4v) is 5.16. The van der Waals surface area contributed by atoms with E-state index in [-0.39, 0.29) is 17.3 Å². The SMILES string of the molecule is Cc1nnc2sc(C(=O)NCc3ccc(S(=O)(=O)CF)cc3)c(Br)c2c1C. The van der Waals surface area contributed by atoms with Crippen LogP contribution in [0.25, 0.3) is 10.2 Å². The smallest absolute Gasteiger partial charge is 0.262 e. The number of rotatable bonds is 5. The standard InChI is InChI=1S/C17H15BrFN3O3S2/c1-9-10(2)21-22-17-13(9)14(18)15(26-17)16(23)20-7-11-3-5-12(6-4-11)27(24,25)8-19/h3-6H,7-8H2,1-2H3,(H,20,23). The molecule has 0 unspecified atom stereocenters. The Bertz CT molecular complexity index is 1130. The number of hydrogen-bond acceptors (Lipinski definition) is 6. The Labute approximate surface area is 167 Å². The Kier molecular flexibility index (Phi) is 5.59. The number of aryl methyl sites for hydroxylation is 2. The van der Waals surface area contributed by atoms with E-state index in [0.29, 0.717) is 19.7 Å². The predicted molar refractivity (Wildman–Crippen MR) is 105 cm³/mol. The summed E-state index contributed by atoms with van der Waals surface area (Å²) in [6.45, 7) is 4.00. The molecule has 2 aromatic heterocycles. The minimum atomic E-state index is -3.89. The lowest BCUT2D eigenvalue weighted by atomic mass is 10.2. The predicted octanol–water partition coefficient (Wildman–Crippen LogP) is 3.70. The number of hydrogen-bond donors (Lipinski definition) is 1. The lowest BCUT2D eigenvalue weighted by Crippen LogP contribution is -2.22. The van der Waals surface area contributed by atoms with Crippen molar-refractivity contribution >= 4 is 53.2 Å². The molecule has 27 heavy (non-hydrogen) atoms. The van der Waals surface area contributed by atoms with Gasteiger partial charge in [-0.25, -0.2) is 12.8 Å². The van der Waals surface area contributed by atoms with Gasteiger partial charge in [0.1, 0.15) is 9.71 Å². The number of carbonyl (C=O) groups is 1. The number of nitrogens with one attached hydrogen (secondary N) is 1. The molecule has 3 aromatic rings. The van der Waals surface area contributed by atoms with Crippen molar-refractivity contribution in [3.63, 3.8) is 0 Å². The Morgan fingerprint density at radius 2 is 1.89 bits per heavy atom. The molecule has 0 radical (unpaired) electrons. The number of carbonyl (C=O) groups excluding carboxylic acids is 1. The van der Waals surface area contributed by atoms with Crippen molar-refractivity contribution < 1.29 is 17.6 Å². The van der Waals surface area contributed by atoms with Crippen LogP contribution in [0.15, 0.2) is 33.6 Å². The van der Waals surface area contributed by atoms with Crippen LogP contribution < -0.4 is 5.32 Å². The van der Waals surface area contributed by atoms with E-state index in [9.17, 15) is 17.6 Å². The van der Waals surface area contributed by atoms with E-state index in [1.165, 1.54) is 23.5 Å². The van der Waals surface area contributed by atoms with E-state index in [4.69, 9.17) is 0 Å². The lowest BCUT2D eigenvalue weighted by molar-refractivity contribution is 0.0954. The number of amides is 1. The van der Waals surface area contributed by atoms with E-state index in [1.54, 1.807) is 12.1 Å². The summed E-state index contributed by atoms with van der Waals surface area (Å²) < 4.78 is 36.2. The van der Waals surface area contributed by atoms with Crippen molar-refractivity contribution in [1.82, 2.24) is 15.5 Å². The van der Waals surface area contributed by atoms with Gasteiger partial charge in [0.15, 0.2) is 6.01 Å². The largest absolute Gasteiger partial charge is 0.347 e. The third kappa shape index (κ3) is 3.87. The second-order valence-corrected chi connectivity index (χ2v) is 9.60. The van der Waals surface area contributed by atoms with Crippen LogP contribution in [0.5, 0.6) is 0 Å². The van der Waals surface area contributed by atoms with Crippen molar-refractivity contribution in [2.75, 3.05) is 6.01 Å². The highest BCUT2D eigenvalue weighted by Crippen LogP contribution is 2.36. The van der Waals surface area contributed by atoms with E-state index in [1.807, 2.05) is 13.8 Å². The Hall–Kier alpha value is -1.91. The molecule has 0 saturated heterocycles. The van der Waals surface area contributed by atoms with E-state index >= 15 is 0 Å². The number of nitrogens with zero attached hydrogens (tertiary/aromatic N) is 2. The van der Waals surface area contributed by atoms with Gasteiger partial charge in [-0.05, 0) is 53.0 Å². The van der Waals surface area contributed by atoms with Crippen LogP contribution in [-0.4, -0.2) is 30.5 Å². The zero-order chi connectivity index (χ0) is 19.8. The molecule has 10 heteroatoms. The molecule has 0 aliphatic heterocycles. The normalized spacial score (nSPS) is 11.7. The molecule has 0 aliphatic rings. The van der Waals surface area contributed by atoms with Crippen LogP contribution in [0.2, 0.25) is 0 Å². The van der Waals surface area contributed by atoms with Crippen LogP contribution >= 0.6 is 27.3 Å². The quantitative estimate of drug-likeness (QED) is 0.612. The molecule has 1 N–H and O–H groups in total. The van der Waals surface area contributed by atoms with Gasteiger partial charge in [0.05, 0.1) is 15.1 Å². The van der Waals surface area contributed by atoms with Gasteiger partial charge in [-0.3, -0.25) is 4.79 Å². The van der Waals surface area contributed by atoms with Crippen molar-refractivity contribution in [3.05, 3.63) is 50.4 Å². The first-order valence-corrected chi connectivity index (χ1v) is 11.1. The molecule has 3 rings (SSSR count). The molecule has 0 fully saturated rings. The molecular weight excluding hydrogens is 457 g/mol. The van der Waals surface area contributed by atoms with Crippen LogP contribution in [0, 0.1) is 13.8 Å². The summed E-state index contributed by atoms with van der Waals surface area (Å²) >= 11 is 4.73. The summed E-state index contributed by atoms with van der Waals surface area (Å²) in [6, 6.07) is 4.30. The van der Waals surface area contributed by atoms with Gasteiger partial charge in [0.25, 0.3) is 5.91 Å². The van der Waals surface area contributed by atoms with Crippen molar-refractivity contribution in [3.8, 4) is 0 Å². The van der Waals surface area contributed by atoms with Crippen LogP contribution in [-0.2, 0) is 16.4 Å². The average molecular weight is 472 g/mol. The minimum Gasteiger partial charge on any atom is -0.347 e. The van der Waals surface area contributed by atoms with Gasteiger partial charge in [-0.2, -0.15) is 5.10 Å². The molecule has 142 valence electrons. The Morgan fingerprint density at radius 1 is 1.22 bits per heavy atom. The van der Waals surface area contributed by atoms with Gasteiger partial charge in [0.2, 0.25) is 9.84 Å². The highest BCUT2D eigenvalue weighted by Gasteiger charge is 2.20. The topological polar surface area (TPSA) is 89.0 Å². The van der Waals surface area contributed by atoms with Crippen LogP contribution in [0.4, 0.5) is 4.39 Å². The van der Waals surface area contributed by atoms with Gasteiger partial charge in [-0.1, -0.05) is 12.1 Å². The average Bonchev–Trinajstić information content (AvgIpc) is 3.00. The maximum atomic E-state index is 12.6. The van der Waals surface area contributed by atoms with Crippen molar-refractivity contribution in [2.24, 2.45) is 0 Å². The van der Waals surface area contributed by atoms with Gasteiger partial charge >= 0.3 is 0 Å². The molecule has 6 nitrogen and oxygen atoms in total. The number of fused-ring (bicyclic) bond motifs is 1. The van der Waals surface area contributed by atoms with E-state index < -0.39 is 15.8 Å². The highest BCUT2D eigenvalue weighted by atomic mass is 79.9. The van der Waals surface area contributed by atoms with Gasteiger partial charge in [-0.15, -0.1) is 16.4 Å². The van der Waals surface area contributed by atoms with Gasteiger partial charge in [0, 0.05) is 11.9 Å². The molecule has 0 bridgehead atoms. The zero-order valence-electron chi connectivity index (χ0n) is 14.4. The zero-order valence-corrected chi connectivity index (χ0v) is 17.6. The molecule has 1 amide bonds. The maximum Gasteiger partial charge on any atom is 0.262 e. The Balaban J connectivity index is 1.78. The molecule has 1 aromatic carbocycles. The Morgan fingerprint density at radius 3 is 2.52 bits per heavy atom. The monoisotopic (exact) mass is 471 g/mol. The fourth-order valence-electron chi connectivity index (χ4n) is 2.46. The van der Waals surface area contributed by atoms with E-state index in [0.717, 1.165) is 16.6 Å². The summed E-state index contributed by atoms with van der Waals surface area (Å²) in [6.07, 6.45) is 0. The first-order chi connectivity index (χ1) is 12.7. The number of sulfone groups is 1. The number of alkyl halides is 1. The summed E-state index contributed by atoms with van der Waals surface area (Å²) in [5.41, 5.74) is 2.47. The molecule has 0 saturated carbocycles. The van der Waals surface area contributed by atoms with Crippen molar-refractivity contribution in [2.45, 2.75) is 25.3 Å². The molecule has 0 atom stereocenters. The summed E-state index contributed by atoms with van der Waals surface area (Å²) in [7, 11) is -3.89. The number of halogens is 2. The second-order valence-electron chi connectivity index (χ2n) is 5.89. The molecule has 0 spiro atoms. The van der Waals surface area contributed by atoms with Gasteiger partial charge < -0.3 is 5.32 Å². The maximum absolute atomic E-state index is 12.6. The van der Waals surface area contributed by atoms with Crippen LogP contribution in [0.3, 0.4) is 0 Å². The molecule has 0 aliphatic carbocycles. The minimum absolute atomic E-state index is 0.0863. The van der Waals surface area contributed by atoms with E-state index in [2.05, 4.69) is 31.4 Å². The van der Waals surface area contributed by atoms with Crippen LogP contribution in [0.1, 0.15) is 26.5 Å². The number of aromatic nitrogens is 2. The summed E-state index contributed by atoms with van der Waals surface area (Å²) in [5.74, 6) is -0.276. The summed E-state index contributed by atoms with van der Waals surface area (Å²) in [5, 5.41) is 11.9.